The topological polar surface area (TPSA) is 78.4 Å². The number of rotatable bonds is 4. The van der Waals surface area contributed by atoms with E-state index in [1.54, 1.807) is 12.1 Å². The molecule has 0 aliphatic heterocycles. The Morgan fingerprint density at radius 3 is 2.46 bits per heavy atom. The van der Waals surface area contributed by atoms with Gasteiger partial charge in [-0.25, -0.2) is 0 Å². The molecular formula is C18H19ClN2O3. The number of amides is 2. The SMILES string of the molecule is Cc1cc(-c2cccc(Cl)c2)ccc1NC(=O)C(=O)NCC(C)O. The van der Waals surface area contributed by atoms with Crippen LogP contribution in [0.2, 0.25) is 5.02 Å². The second-order valence-corrected chi connectivity index (χ2v) is 5.99. The number of halogens is 1. The molecule has 0 heterocycles. The van der Waals surface area contributed by atoms with Crippen LogP contribution in [-0.4, -0.2) is 29.6 Å². The molecule has 2 rings (SSSR count). The van der Waals surface area contributed by atoms with E-state index < -0.39 is 17.9 Å². The Labute approximate surface area is 145 Å². The lowest BCUT2D eigenvalue weighted by Crippen LogP contribution is -2.38. The lowest BCUT2D eigenvalue weighted by Gasteiger charge is -2.11. The summed E-state index contributed by atoms with van der Waals surface area (Å²) < 4.78 is 0. The average Bonchev–Trinajstić information content (AvgIpc) is 2.54. The molecule has 2 aromatic rings. The van der Waals surface area contributed by atoms with E-state index in [-0.39, 0.29) is 6.54 Å². The highest BCUT2D eigenvalue weighted by molar-refractivity contribution is 6.39. The standard InChI is InChI=1S/C18H19ClN2O3/c1-11-8-14(13-4-3-5-15(19)9-13)6-7-16(11)21-18(24)17(23)20-10-12(2)22/h3-9,12,22H,10H2,1-2H3,(H,20,23)(H,21,24). The molecule has 6 heteroatoms. The van der Waals surface area contributed by atoms with Crippen molar-refractivity contribution in [1.29, 1.82) is 0 Å². The highest BCUT2D eigenvalue weighted by atomic mass is 35.5. The number of hydrogen-bond acceptors (Lipinski definition) is 3. The van der Waals surface area contributed by atoms with Gasteiger partial charge in [0.2, 0.25) is 0 Å². The third kappa shape index (κ3) is 4.81. The molecule has 0 saturated heterocycles. The van der Waals surface area contributed by atoms with Crippen molar-refractivity contribution in [2.45, 2.75) is 20.0 Å². The average molecular weight is 347 g/mol. The fraction of sp³-hybridized carbons (Fsp3) is 0.222. The van der Waals surface area contributed by atoms with Gasteiger partial charge in [0.15, 0.2) is 0 Å². The van der Waals surface area contributed by atoms with Gasteiger partial charge in [0.1, 0.15) is 0 Å². The van der Waals surface area contributed by atoms with Crippen molar-refractivity contribution >= 4 is 29.1 Å². The summed E-state index contributed by atoms with van der Waals surface area (Å²) in [5.41, 5.74) is 3.31. The van der Waals surface area contributed by atoms with Crippen LogP contribution in [0.5, 0.6) is 0 Å². The quantitative estimate of drug-likeness (QED) is 0.745. The Balaban J connectivity index is 2.10. The van der Waals surface area contributed by atoms with Crippen LogP contribution in [0.3, 0.4) is 0 Å². The van der Waals surface area contributed by atoms with Crippen LogP contribution in [0.25, 0.3) is 11.1 Å². The number of hydrogen-bond donors (Lipinski definition) is 3. The predicted octanol–water partition coefficient (Wildman–Crippen LogP) is 2.75. The molecule has 0 bridgehead atoms. The fourth-order valence-electron chi connectivity index (χ4n) is 2.15. The fourth-order valence-corrected chi connectivity index (χ4v) is 2.34. The van der Waals surface area contributed by atoms with Gasteiger partial charge in [-0.1, -0.05) is 29.8 Å². The number of aliphatic hydroxyl groups excluding tert-OH is 1. The van der Waals surface area contributed by atoms with Gasteiger partial charge in [-0.3, -0.25) is 9.59 Å². The zero-order valence-electron chi connectivity index (χ0n) is 13.5. The minimum absolute atomic E-state index is 0.0267. The molecule has 0 spiro atoms. The van der Waals surface area contributed by atoms with Crippen LogP contribution in [0, 0.1) is 6.92 Å². The summed E-state index contributed by atoms with van der Waals surface area (Å²) in [7, 11) is 0. The van der Waals surface area contributed by atoms with Gasteiger partial charge in [0.25, 0.3) is 0 Å². The number of nitrogens with one attached hydrogen (secondary N) is 2. The van der Waals surface area contributed by atoms with E-state index in [9.17, 15) is 9.59 Å². The molecule has 1 atom stereocenters. The van der Waals surface area contributed by atoms with Gasteiger partial charge in [-0.05, 0) is 54.8 Å². The minimum Gasteiger partial charge on any atom is -0.392 e. The van der Waals surface area contributed by atoms with Crippen LogP contribution < -0.4 is 10.6 Å². The van der Waals surface area contributed by atoms with Crippen molar-refractivity contribution in [3.63, 3.8) is 0 Å². The van der Waals surface area contributed by atoms with Crippen LogP contribution in [0.15, 0.2) is 42.5 Å². The van der Waals surface area contributed by atoms with Crippen LogP contribution >= 0.6 is 11.6 Å². The van der Waals surface area contributed by atoms with E-state index in [1.807, 2.05) is 37.3 Å². The maximum atomic E-state index is 11.9. The molecule has 0 radical (unpaired) electrons. The molecule has 5 nitrogen and oxygen atoms in total. The molecule has 2 amide bonds. The van der Waals surface area contributed by atoms with Crippen molar-refractivity contribution < 1.29 is 14.7 Å². The first kappa shape index (κ1) is 18.0. The second-order valence-electron chi connectivity index (χ2n) is 5.55. The number of benzene rings is 2. The third-order valence-corrected chi connectivity index (χ3v) is 3.63. The summed E-state index contributed by atoms with van der Waals surface area (Å²) in [6.45, 7) is 3.40. The monoisotopic (exact) mass is 346 g/mol. The van der Waals surface area contributed by atoms with E-state index in [2.05, 4.69) is 10.6 Å². The zero-order valence-corrected chi connectivity index (χ0v) is 14.2. The normalized spacial score (nSPS) is 11.7. The van der Waals surface area contributed by atoms with Gasteiger partial charge < -0.3 is 15.7 Å². The number of anilines is 1. The molecule has 0 fully saturated rings. The first-order valence-electron chi connectivity index (χ1n) is 7.50. The van der Waals surface area contributed by atoms with Crippen molar-refractivity contribution in [3.8, 4) is 11.1 Å². The second kappa shape index (κ2) is 7.95. The molecule has 1 unspecified atom stereocenters. The molecule has 2 aromatic carbocycles. The molecule has 0 saturated carbocycles. The van der Waals surface area contributed by atoms with E-state index in [1.165, 1.54) is 6.92 Å². The first-order valence-corrected chi connectivity index (χ1v) is 7.88. The number of carbonyl (C=O) groups excluding carboxylic acids is 2. The Morgan fingerprint density at radius 2 is 1.83 bits per heavy atom. The molecule has 0 aliphatic rings. The number of aliphatic hydroxyl groups is 1. The van der Waals surface area contributed by atoms with E-state index >= 15 is 0 Å². The Bertz CT molecular complexity index is 760. The first-order chi connectivity index (χ1) is 11.4. The summed E-state index contributed by atoms with van der Waals surface area (Å²) in [5, 5.41) is 14.7. The summed E-state index contributed by atoms with van der Waals surface area (Å²) in [4.78, 5) is 23.5. The van der Waals surface area contributed by atoms with Crippen molar-refractivity contribution in [1.82, 2.24) is 5.32 Å². The summed E-state index contributed by atoms with van der Waals surface area (Å²) in [6, 6.07) is 13.0. The van der Waals surface area contributed by atoms with Gasteiger partial charge in [-0.2, -0.15) is 0 Å². The van der Waals surface area contributed by atoms with E-state index in [0.717, 1.165) is 16.7 Å². The largest absolute Gasteiger partial charge is 0.392 e. The van der Waals surface area contributed by atoms with Gasteiger partial charge >= 0.3 is 11.8 Å². The van der Waals surface area contributed by atoms with Crippen molar-refractivity contribution in [3.05, 3.63) is 53.1 Å². The zero-order chi connectivity index (χ0) is 17.7. The van der Waals surface area contributed by atoms with Gasteiger partial charge in [0.05, 0.1) is 6.10 Å². The van der Waals surface area contributed by atoms with Crippen LogP contribution in [0.1, 0.15) is 12.5 Å². The molecule has 0 aromatic heterocycles. The highest BCUT2D eigenvalue weighted by Gasteiger charge is 2.15. The number of aryl methyl sites for hydroxylation is 1. The van der Waals surface area contributed by atoms with Crippen LogP contribution in [-0.2, 0) is 9.59 Å². The minimum atomic E-state index is -0.783. The smallest absolute Gasteiger partial charge is 0.313 e. The Hall–Kier alpha value is -2.37. The Kier molecular flexibility index (Phi) is 5.95. The summed E-state index contributed by atoms with van der Waals surface area (Å²) in [6.07, 6.45) is -0.708. The summed E-state index contributed by atoms with van der Waals surface area (Å²) in [5.74, 6) is -1.55. The molecule has 24 heavy (non-hydrogen) atoms. The lowest BCUT2D eigenvalue weighted by atomic mass is 10.0. The Morgan fingerprint density at radius 1 is 1.12 bits per heavy atom. The third-order valence-electron chi connectivity index (χ3n) is 3.40. The lowest BCUT2D eigenvalue weighted by molar-refractivity contribution is -0.136. The molecule has 126 valence electrons. The van der Waals surface area contributed by atoms with Crippen LogP contribution in [0.4, 0.5) is 5.69 Å². The van der Waals surface area contributed by atoms with Gasteiger partial charge in [0, 0.05) is 17.3 Å². The summed E-state index contributed by atoms with van der Waals surface area (Å²) >= 11 is 6.00. The van der Waals surface area contributed by atoms with Crippen molar-refractivity contribution in [2.75, 3.05) is 11.9 Å². The molecule has 3 N–H and O–H groups in total. The van der Waals surface area contributed by atoms with E-state index in [0.29, 0.717) is 10.7 Å². The molecule has 0 aliphatic carbocycles. The maximum absolute atomic E-state index is 11.9. The van der Waals surface area contributed by atoms with Crippen molar-refractivity contribution in [2.24, 2.45) is 0 Å². The number of carbonyl (C=O) groups is 2. The predicted molar refractivity (Wildman–Crippen MR) is 94.9 cm³/mol. The van der Waals surface area contributed by atoms with E-state index in [4.69, 9.17) is 16.7 Å². The highest BCUT2D eigenvalue weighted by Crippen LogP contribution is 2.26. The van der Waals surface area contributed by atoms with Gasteiger partial charge in [-0.15, -0.1) is 0 Å². The maximum Gasteiger partial charge on any atom is 0.313 e. The molecular weight excluding hydrogens is 328 g/mol.